The molecule has 26 heavy (non-hydrogen) atoms. The lowest BCUT2D eigenvalue weighted by Gasteiger charge is -2.35. The Morgan fingerprint density at radius 1 is 0.346 bits per heavy atom. The highest BCUT2D eigenvalue weighted by molar-refractivity contribution is 4.83. The zero-order valence-electron chi connectivity index (χ0n) is 17.7. The Morgan fingerprint density at radius 3 is 1.31 bits per heavy atom. The molecule has 0 saturated heterocycles. The van der Waals surface area contributed by atoms with Gasteiger partial charge in [-0.25, -0.2) is 0 Å². The van der Waals surface area contributed by atoms with E-state index in [-0.39, 0.29) is 0 Å². The first kappa shape index (κ1) is 20.7. The van der Waals surface area contributed by atoms with Gasteiger partial charge >= 0.3 is 0 Å². The van der Waals surface area contributed by atoms with E-state index < -0.39 is 0 Å². The maximum absolute atomic E-state index is 4.22. The van der Waals surface area contributed by atoms with Crippen molar-refractivity contribution in [3.05, 3.63) is 0 Å². The second-order valence-corrected chi connectivity index (χ2v) is 10.00. The number of nitrogens with one attached hydrogen (secondary N) is 1. The van der Waals surface area contributed by atoms with Crippen molar-refractivity contribution in [1.29, 1.82) is 0 Å². The Labute approximate surface area is 164 Å². The Bertz CT molecular complexity index is 334. The standard InChI is InChI=1S/C25H47N/c1-2-7-13-19-24(18-12-6-1)26-25-20-14-8-11-17-23(21-25)22-15-9-4-3-5-10-16-22/h22-26H,1-21H2. The summed E-state index contributed by atoms with van der Waals surface area (Å²) in [4.78, 5) is 0. The van der Waals surface area contributed by atoms with Gasteiger partial charge in [0.15, 0.2) is 0 Å². The van der Waals surface area contributed by atoms with Crippen LogP contribution in [-0.4, -0.2) is 12.1 Å². The monoisotopic (exact) mass is 361 g/mol. The summed E-state index contributed by atoms with van der Waals surface area (Å²) in [5.41, 5.74) is 0. The van der Waals surface area contributed by atoms with E-state index in [1.807, 2.05) is 0 Å². The minimum absolute atomic E-state index is 0.829. The molecule has 3 fully saturated rings. The second kappa shape index (κ2) is 12.4. The first-order chi connectivity index (χ1) is 12.9. The third kappa shape index (κ3) is 7.53. The number of hydrogen-bond donors (Lipinski definition) is 1. The fourth-order valence-corrected chi connectivity index (χ4v) is 6.25. The van der Waals surface area contributed by atoms with E-state index in [0.29, 0.717) is 0 Å². The molecule has 1 N–H and O–H groups in total. The van der Waals surface area contributed by atoms with Gasteiger partial charge in [0, 0.05) is 12.1 Å². The van der Waals surface area contributed by atoms with Crippen LogP contribution >= 0.6 is 0 Å². The fourth-order valence-electron chi connectivity index (χ4n) is 6.25. The zero-order valence-corrected chi connectivity index (χ0v) is 17.7. The molecule has 0 spiro atoms. The number of rotatable bonds is 3. The lowest BCUT2D eigenvalue weighted by molar-refractivity contribution is 0.191. The van der Waals surface area contributed by atoms with E-state index in [1.54, 1.807) is 12.8 Å². The molecule has 2 unspecified atom stereocenters. The molecular formula is C25H47N. The molecule has 0 aliphatic heterocycles. The van der Waals surface area contributed by atoms with Gasteiger partial charge in [0.2, 0.25) is 0 Å². The average molecular weight is 362 g/mol. The second-order valence-electron chi connectivity index (χ2n) is 10.00. The Balaban J connectivity index is 1.53. The van der Waals surface area contributed by atoms with E-state index in [1.165, 1.54) is 122 Å². The maximum Gasteiger partial charge on any atom is 0.00723 e. The highest BCUT2D eigenvalue weighted by Crippen LogP contribution is 2.36. The summed E-state index contributed by atoms with van der Waals surface area (Å²) < 4.78 is 0. The lowest BCUT2D eigenvalue weighted by atomic mass is 9.75. The SMILES string of the molecule is C1CCCCC(NC2CCCCCC(C3CCCCCCC3)C2)CCC1. The number of hydrogen-bond acceptors (Lipinski definition) is 1. The van der Waals surface area contributed by atoms with Crippen LogP contribution < -0.4 is 5.32 Å². The minimum atomic E-state index is 0.829. The van der Waals surface area contributed by atoms with Gasteiger partial charge < -0.3 is 5.32 Å². The normalized spacial score (nSPS) is 32.3. The molecule has 1 heteroatoms. The molecule has 3 rings (SSSR count). The summed E-state index contributed by atoms with van der Waals surface area (Å²) in [6.07, 6.45) is 31.4. The predicted molar refractivity (Wildman–Crippen MR) is 115 cm³/mol. The molecule has 0 heterocycles. The first-order valence-electron chi connectivity index (χ1n) is 12.7. The summed E-state index contributed by atoms with van der Waals surface area (Å²) in [5, 5.41) is 4.22. The van der Waals surface area contributed by atoms with Crippen molar-refractivity contribution in [1.82, 2.24) is 5.32 Å². The van der Waals surface area contributed by atoms with Gasteiger partial charge in [-0.3, -0.25) is 0 Å². The molecular weight excluding hydrogens is 314 g/mol. The van der Waals surface area contributed by atoms with Gasteiger partial charge in [-0.2, -0.15) is 0 Å². The molecule has 0 radical (unpaired) electrons. The van der Waals surface area contributed by atoms with Gasteiger partial charge in [0.1, 0.15) is 0 Å². The van der Waals surface area contributed by atoms with Crippen LogP contribution in [0.5, 0.6) is 0 Å². The van der Waals surface area contributed by atoms with E-state index in [4.69, 9.17) is 0 Å². The summed E-state index contributed by atoms with van der Waals surface area (Å²) in [7, 11) is 0. The van der Waals surface area contributed by atoms with Crippen molar-refractivity contribution in [3.63, 3.8) is 0 Å². The van der Waals surface area contributed by atoms with Gasteiger partial charge in [-0.15, -0.1) is 0 Å². The largest absolute Gasteiger partial charge is 0.311 e. The molecule has 0 bridgehead atoms. The molecule has 2 atom stereocenters. The molecule has 0 aromatic rings. The minimum Gasteiger partial charge on any atom is -0.311 e. The quantitative estimate of drug-likeness (QED) is 0.541. The van der Waals surface area contributed by atoms with Crippen LogP contribution in [0.3, 0.4) is 0 Å². The molecule has 0 aromatic carbocycles. The maximum atomic E-state index is 4.22. The van der Waals surface area contributed by atoms with Crippen molar-refractivity contribution in [3.8, 4) is 0 Å². The topological polar surface area (TPSA) is 12.0 Å². The smallest absolute Gasteiger partial charge is 0.00723 e. The van der Waals surface area contributed by atoms with Crippen molar-refractivity contribution < 1.29 is 0 Å². The summed E-state index contributed by atoms with van der Waals surface area (Å²) in [5.74, 6) is 2.08. The average Bonchev–Trinajstić information content (AvgIpc) is 2.71. The van der Waals surface area contributed by atoms with Crippen molar-refractivity contribution in [2.75, 3.05) is 0 Å². The van der Waals surface area contributed by atoms with Gasteiger partial charge in [-0.1, -0.05) is 109 Å². The van der Waals surface area contributed by atoms with Gasteiger partial charge in [0.25, 0.3) is 0 Å². The van der Waals surface area contributed by atoms with Crippen LogP contribution in [0.1, 0.15) is 135 Å². The van der Waals surface area contributed by atoms with Crippen molar-refractivity contribution >= 4 is 0 Å². The zero-order chi connectivity index (χ0) is 17.9. The van der Waals surface area contributed by atoms with Crippen LogP contribution in [0.15, 0.2) is 0 Å². The third-order valence-electron chi connectivity index (χ3n) is 7.86. The van der Waals surface area contributed by atoms with E-state index in [9.17, 15) is 0 Å². The van der Waals surface area contributed by atoms with E-state index in [0.717, 1.165) is 23.9 Å². The summed E-state index contributed by atoms with van der Waals surface area (Å²) in [6, 6.07) is 1.66. The highest BCUT2D eigenvalue weighted by atomic mass is 14.9. The lowest BCUT2D eigenvalue weighted by Crippen LogP contribution is -2.41. The Kier molecular flexibility index (Phi) is 9.89. The molecule has 3 aliphatic rings. The molecule has 0 amide bonds. The Hall–Kier alpha value is -0.0400. The summed E-state index contributed by atoms with van der Waals surface area (Å²) >= 11 is 0. The van der Waals surface area contributed by atoms with E-state index in [2.05, 4.69) is 5.32 Å². The van der Waals surface area contributed by atoms with Crippen LogP contribution in [-0.2, 0) is 0 Å². The Morgan fingerprint density at radius 2 is 0.731 bits per heavy atom. The first-order valence-corrected chi connectivity index (χ1v) is 12.7. The third-order valence-corrected chi connectivity index (χ3v) is 7.86. The molecule has 152 valence electrons. The van der Waals surface area contributed by atoms with Gasteiger partial charge in [0.05, 0.1) is 0 Å². The molecule has 3 aliphatic carbocycles. The van der Waals surface area contributed by atoms with Crippen LogP contribution in [0, 0.1) is 11.8 Å². The summed E-state index contributed by atoms with van der Waals surface area (Å²) in [6.45, 7) is 0. The van der Waals surface area contributed by atoms with Crippen LogP contribution in [0.4, 0.5) is 0 Å². The molecule has 1 nitrogen and oxygen atoms in total. The fraction of sp³-hybridized carbons (Fsp3) is 1.00. The van der Waals surface area contributed by atoms with E-state index >= 15 is 0 Å². The predicted octanol–water partition coefficient (Wildman–Crippen LogP) is 7.78. The van der Waals surface area contributed by atoms with Gasteiger partial charge in [-0.05, 0) is 37.5 Å². The van der Waals surface area contributed by atoms with Crippen LogP contribution in [0.2, 0.25) is 0 Å². The molecule has 0 aromatic heterocycles. The molecule has 3 saturated carbocycles. The highest BCUT2D eigenvalue weighted by Gasteiger charge is 2.27. The van der Waals surface area contributed by atoms with Crippen LogP contribution in [0.25, 0.3) is 0 Å². The van der Waals surface area contributed by atoms with Crippen molar-refractivity contribution in [2.45, 2.75) is 147 Å². The van der Waals surface area contributed by atoms with Crippen molar-refractivity contribution in [2.24, 2.45) is 11.8 Å².